The Balaban J connectivity index is 1.88. The number of rotatable bonds is 1. The molecule has 1 fully saturated rings. The maximum atomic E-state index is 12.6. The van der Waals surface area contributed by atoms with Crippen molar-refractivity contribution in [3.63, 3.8) is 0 Å². The zero-order chi connectivity index (χ0) is 16.8. The summed E-state index contributed by atoms with van der Waals surface area (Å²) in [5, 5.41) is 2.74. The summed E-state index contributed by atoms with van der Waals surface area (Å²) in [6.07, 6.45) is -5.94. The molecular weight excluding hydrogens is 381 g/mol. The lowest BCUT2D eigenvalue weighted by molar-refractivity contribution is -0.210. The average molecular weight is 393 g/mol. The Labute approximate surface area is 137 Å². The molecule has 0 spiro atoms. The molecule has 1 amide bonds. The summed E-state index contributed by atoms with van der Waals surface area (Å²) >= 11 is 3.32. The Kier molecular flexibility index (Phi) is 4.09. The summed E-state index contributed by atoms with van der Waals surface area (Å²) in [5.41, 5.74) is 1.22. The van der Waals surface area contributed by atoms with Crippen molar-refractivity contribution in [3.05, 3.63) is 33.8 Å². The molecule has 0 saturated carbocycles. The molecule has 0 aromatic heterocycles. The Morgan fingerprint density at radius 2 is 2.13 bits per heavy atom. The number of benzene rings is 1. The fourth-order valence-electron chi connectivity index (χ4n) is 2.91. The molecule has 1 aromatic rings. The van der Waals surface area contributed by atoms with Gasteiger partial charge in [0, 0.05) is 17.6 Å². The predicted molar refractivity (Wildman–Crippen MR) is 76.6 cm³/mol. The summed E-state index contributed by atoms with van der Waals surface area (Å²) < 4.78 is 42.4. The highest BCUT2D eigenvalue weighted by atomic mass is 79.9. The summed E-state index contributed by atoms with van der Waals surface area (Å²) in [6, 6.07) is 4.57. The van der Waals surface area contributed by atoms with E-state index in [4.69, 9.17) is 0 Å². The second kappa shape index (κ2) is 5.79. The van der Waals surface area contributed by atoms with E-state index in [2.05, 4.69) is 26.0 Å². The highest BCUT2D eigenvalue weighted by molar-refractivity contribution is 9.10. The van der Waals surface area contributed by atoms with Crippen LogP contribution in [0.3, 0.4) is 0 Å². The molecule has 2 unspecified atom stereocenters. The van der Waals surface area contributed by atoms with Gasteiger partial charge in [-0.1, -0.05) is 12.1 Å². The number of hydrogen-bond acceptors (Lipinski definition) is 4. The van der Waals surface area contributed by atoms with Gasteiger partial charge in [0.1, 0.15) is 0 Å². The number of hydrogen-bond donors (Lipinski definition) is 1. The van der Waals surface area contributed by atoms with Gasteiger partial charge >= 0.3 is 12.1 Å². The Morgan fingerprint density at radius 3 is 2.83 bits per heavy atom. The van der Waals surface area contributed by atoms with Crippen molar-refractivity contribution in [3.8, 4) is 0 Å². The first kappa shape index (κ1) is 16.3. The van der Waals surface area contributed by atoms with Crippen molar-refractivity contribution in [1.82, 2.24) is 10.2 Å². The molecule has 0 radical (unpaired) electrons. The molecule has 2 aliphatic heterocycles. The molecule has 23 heavy (non-hydrogen) atoms. The van der Waals surface area contributed by atoms with Crippen LogP contribution in [0.5, 0.6) is 0 Å². The number of piperazine rings is 1. The zero-order valence-electron chi connectivity index (χ0n) is 11.7. The number of nitrogens with zero attached hydrogens (tertiary/aromatic N) is 1. The monoisotopic (exact) mass is 392 g/mol. The number of fused-ring (bicyclic) bond motifs is 2. The van der Waals surface area contributed by atoms with E-state index < -0.39 is 24.4 Å². The normalized spacial score (nSPS) is 24.0. The van der Waals surface area contributed by atoms with Gasteiger partial charge < -0.3 is 9.64 Å². The maximum Gasteiger partial charge on any atom is 0.490 e. The predicted octanol–water partition coefficient (Wildman–Crippen LogP) is 1.85. The van der Waals surface area contributed by atoms with Crippen LogP contribution in [0.15, 0.2) is 22.7 Å². The summed E-state index contributed by atoms with van der Waals surface area (Å²) in [7, 11) is 0. The van der Waals surface area contributed by atoms with E-state index in [-0.39, 0.29) is 12.5 Å². The van der Waals surface area contributed by atoms with Gasteiger partial charge in [0.05, 0.1) is 11.6 Å². The first-order valence-corrected chi connectivity index (χ1v) is 7.68. The summed E-state index contributed by atoms with van der Waals surface area (Å²) in [6.45, 7) is 0.585. The van der Waals surface area contributed by atoms with Crippen LogP contribution in [0, 0.1) is 0 Å². The van der Waals surface area contributed by atoms with Crippen molar-refractivity contribution in [2.75, 3.05) is 13.1 Å². The fraction of sp³-hybridized carbons (Fsp3) is 0.429. The minimum Gasteiger partial charge on any atom is -0.438 e. The average Bonchev–Trinajstić information content (AvgIpc) is 2.47. The Hall–Kier alpha value is -1.61. The number of halogens is 4. The van der Waals surface area contributed by atoms with Crippen LogP contribution < -0.4 is 5.32 Å². The van der Waals surface area contributed by atoms with E-state index in [0.717, 1.165) is 0 Å². The van der Waals surface area contributed by atoms with Crippen LogP contribution in [0.2, 0.25) is 0 Å². The second-order valence-corrected chi connectivity index (χ2v) is 6.18. The van der Waals surface area contributed by atoms with Crippen LogP contribution in [0.25, 0.3) is 0 Å². The zero-order valence-corrected chi connectivity index (χ0v) is 13.3. The lowest BCUT2D eigenvalue weighted by Crippen LogP contribution is -2.63. The van der Waals surface area contributed by atoms with Crippen LogP contribution in [0.1, 0.15) is 15.9 Å². The third-order valence-electron chi connectivity index (χ3n) is 3.92. The van der Waals surface area contributed by atoms with Gasteiger partial charge in [-0.15, -0.1) is 0 Å². The minimum atomic E-state index is -5.07. The Morgan fingerprint density at radius 1 is 1.39 bits per heavy atom. The smallest absolute Gasteiger partial charge is 0.438 e. The number of amides is 1. The van der Waals surface area contributed by atoms with Gasteiger partial charge in [-0.25, -0.2) is 4.79 Å². The first-order chi connectivity index (χ1) is 10.8. The van der Waals surface area contributed by atoms with Gasteiger partial charge in [-0.3, -0.25) is 10.1 Å². The van der Waals surface area contributed by atoms with Crippen LogP contribution >= 0.6 is 15.9 Å². The molecule has 124 valence electrons. The van der Waals surface area contributed by atoms with Crippen LogP contribution in [0.4, 0.5) is 13.2 Å². The molecule has 1 N–H and O–H groups in total. The minimum absolute atomic E-state index is 0.248. The molecule has 3 rings (SSSR count). The van der Waals surface area contributed by atoms with E-state index in [1.54, 1.807) is 18.2 Å². The van der Waals surface area contributed by atoms with Gasteiger partial charge in [0.25, 0.3) is 5.91 Å². The van der Waals surface area contributed by atoms with Crippen LogP contribution in [-0.2, 0) is 16.0 Å². The van der Waals surface area contributed by atoms with E-state index >= 15 is 0 Å². The number of carbonyl (C=O) groups excluding carboxylic acids is 2. The lowest BCUT2D eigenvalue weighted by Gasteiger charge is -2.44. The van der Waals surface area contributed by atoms with E-state index in [9.17, 15) is 22.8 Å². The van der Waals surface area contributed by atoms with Crippen molar-refractivity contribution in [2.45, 2.75) is 24.9 Å². The highest BCUT2D eigenvalue weighted by Gasteiger charge is 2.47. The molecule has 0 bridgehead atoms. The fourth-order valence-corrected chi connectivity index (χ4v) is 3.49. The molecule has 2 heterocycles. The largest absolute Gasteiger partial charge is 0.490 e. The highest BCUT2D eigenvalue weighted by Crippen LogP contribution is 2.32. The van der Waals surface area contributed by atoms with Crippen molar-refractivity contribution in [2.24, 2.45) is 0 Å². The second-order valence-electron chi connectivity index (χ2n) is 5.32. The number of carbonyl (C=O) groups is 2. The number of nitrogens with one attached hydrogen (secondary N) is 1. The van der Waals surface area contributed by atoms with E-state index in [1.165, 1.54) is 4.90 Å². The number of esters is 1. The van der Waals surface area contributed by atoms with E-state index in [0.29, 0.717) is 28.6 Å². The summed E-state index contributed by atoms with van der Waals surface area (Å²) in [4.78, 5) is 25.2. The molecule has 2 atom stereocenters. The molecule has 5 nitrogen and oxygen atoms in total. The molecule has 1 saturated heterocycles. The summed E-state index contributed by atoms with van der Waals surface area (Å²) in [5.74, 6) is -2.54. The lowest BCUT2D eigenvalue weighted by atomic mass is 9.91. The molecule has 1 aromatic carbocycles. The van der Waals surface area contributed by atoms with Gasteiger partial charge in [0.2, 0.25) is 0 Å². The third kappa shape index (κ3) is 2.94. The molecule has 2 aliphatic rings. The van der Waals surface area contributed by atoms with Gasteiger partial charge in [-0.05, 0) is 34.0 Å². The molecule has 0 aliphatic carbocycles. The van der Waals surface area contributed by atoms with Crippen molar-refractivity contribution in [1.29, 1.82) is 0 Å². The van der Waals surface area contributed by atoms with Gasteiger partial charge in [0.15, 0.2) is 6.23 Å². The SMILES string of the molecule is O=C1c2c(Br)cccc2CC2C(OC(=O)C(F)(F)F)NCCN12. The topological polar surface area (TPSA) is 58.6 Å². The van der Waals surface area contributed by atoms with Crippen LogP contribution in [-0.4, -0.2) is 48.3 Å². The molecular formula is C14H12BrF3N2O3. The first-order valence-electron chi connectivity index (χ1n) is 6.88. The van der Waals surface area contributed by atoms with Gasteiger partial charge in [-0.2, -0.15) is 13.2 Å². The maximum absolute atomic E-state index is 12.6. The quantitative estimate of drug-likeness (QED) is 0.741. The third-order valence-corrected chi connectivity index (χ3v) is 4.58. The van der Waals surface area contributed by atoms with Crippen molar-refractivity contribution >= 4 is 27.8 Å². The molecule has 9 heteroatoms. The van der Waals surface area contributed by atoms with E-state index in [1.807, 2.05) is 0 Å². The Bertz CT molecular complexity index is 665. The van der Waals surface area contributed by atoms with Crippen molar-refractivity contribution < 1.29 is 27.5 Å². The number of alkyl halides is 3. The standard InChI is InChI=1S/C14H12BrF3N2O3/c15-8-3-1-2-7-6-9-11(23-13(22)14(16,17)18)19-4-5-20(9)12(21)10(7)8/h1-3,9,11,19H,4-6H2. The number of ether oxygens (including phenoxy) is 1.